The number of likely N-dealkylation sites (tertiary alicyclic amines) is 1. The molecule has 0 atom stereocenters. The molecule has 1 aromatic rings. The molecule has 7 heteroatoms. The summed E-state index contributed by atoms with van der Waals surface area (Å²) in [5.41, 5.74) is 0.283. The lowest BCUT2D eigenvalue weighted by Crippen LogP contribution is -2.65. The molecule has 1 aromatic carbocycles. The summed E-state index contributed by atoms with van der Waals surface area (Å²) in [4.78, 5) is 30.5. The Morgan fingerprint density at radius 3 is 2.62 bits per heavy atom. The molecule has 2 aliphatic heterocycles. The van der Waals surface area contributed by atoms with Crippen molar-refractivity contribution >= 4 is 11.9 Å². The zero-order valence-corrected chi connectivity index (χ0v) is 11.6. The summed E-state index contributed by atoms with van der Waals surface area (Å²) in [6.45, 7) is 1.14. The highest BCUT2D eigenvalue weighted by Crippen LogP contribution is 2.34. The van der Waals surface area contributed by atoms with Gasteiger partial charge in [-0.1, -0.05) is 12.1 Å². The number of rotatable bonds is 2. The number of amides is 3. The van der Waals surface area contributed by atoms with E-state index in [1.807, 2.05) is 0 Å². The fourth-order valence-corrected chi connectivity index (χ4v) is 2.61. The van der Waals surface area contributed by atoms with Gasteiger partial charge in [-0.3, -0.25) is 9.63 Å². The molecular formula is C14H16FN3O3. The van der Waals surface area contributed by atoms with Crippen LogP contribution in [0.1, 0.15) is 12.0 Å². The van der Waals surface area contributed by atoms with Crippen molar-refractivity contribution in [1.82, 2.24) is 15.3 Å². The maximum Gasteiger partial charge on any atom is 0.317 e. The molecule has 0 aliphatic carbocycles. The summed E-state index contributed by atoms with van der Waals surface area (Å²) >= 11 is 0. The number of nitrogens with one attached hydrogen (secondary N) is 1. The molecule has 21 heavy (non-hydrogen) atoms. The van der Waals surface area contributed by atoms with E-state index in [0.29, 0.717) is 26.1 Å². The highest BCUT2D eigenvalue weighted by atomic mass is 19.1. The van der Waals surface area contributed by atoms with Crippen molar-refractivity contribution in [3.05, 3.63) is 35.6 Å². The van der Waals surface area contributed by atoms with Gasteiger partial charge in [0.15, 0.2) is 0 Å². The zero-order valence-electron chi connectivity index (χ0n) is 11.6. The van der Waals surface area contributed by atoms with Gasteiger partial charge in [-0.2, -0.15) is 0 Å². The summed E-state index contributed by atoms with van der Waals surface area (Å²) in [7, 11) is 1.58. The largest absolute Gasteiger partial charge is 0.334 e. The van der Waals surface area contributed by atoms with Crippen LogP contribution in [0.25, 0.3) is 0 Å². The van der Waals surface area contributed by atoms with E-state index in [0.717, 1.165) is 5.56 Å². The Balaban J connectivity index is 1.48. The number of benzene rings is 1. The van der Waals surface area contributed by atoms with Gasteiger partial charge in [0.2, 0.25) is 5.91 Å². The average Bonchev–Trinajstić information content (AvgIpc) is 2.72. The molecule has 6 nitrogen and oxygen atoms in total. The third kappa shape index (κ3) is 2.69. The molecule has 112 valence electrons. The van der Waals surface area contributed by atoms with Gasteiger partial charge in [-0.25, -0.2) is 14.2 Å². The van der Waals surface area contributed by atoms with E-state index >= 15 is 0 Å². The minimum Gasteiger partial charge on any atom is -0.334 e. The molecular weight excluding hydrogens is 277 g/mol. The molecule has 3 amide bonds. The molecule has 3 rings (SSSR count). The van der Waals surface area contributed by atoms with Crippen LogP contribution in [0.2, 0.25) is 0 Å². The number of hydrogen-bond donors (Lipinski definition) is 1. The summed E-state index contributed by atoms with van der Waals surface area (Å²) in [6, 6.07) is 5.75. The van der Waals surface area contributed by atoms with Crippen molar-refractivity contribution in [2.45, 2.75) is 18.6 Å². The number of urea groups is 1. The average molecular weight is 293 g/mol. The van der Waals surface area contributed by atoms with E-state index in [-0.39, 0.29) is 17.8 Å². The van der Waals surface area contributed by atoms with Gasteiger partial charge < -0.3 is 10.2 Å². The predicted octanol–water partition coefficient (Wildman–Crippen LogP) is 0.883. The number of halogens is 1. The van der Waals surface area contributed by atoms with Crippen LogP contribution in [0, 0.1) is 5.82 Å². The van der Waals surface area contributed by atoms with Crippen LogP contribution in [-0.2, 0) is 16.2 Å². The molecule has 0 unspecified atom stereocenters. The summed E-state index contributed by atoms with van der Waals surface area (Å²) in [6.07, 6.45) is 0.311. The molecule has 0 aromatic heterocycles. The van der Waals surface area contributed by atoms with Crippen molar-refractivity contribution in [3.63, 3.8) is 0 Å². The van der Waals surface area contributed by atoms with Gasteiger partial charge in [0.05, 0.1) is 19.5 Å². The molecule has 0 bridgehead atoms. The molecule has 0 saturated carbocycles. The van der Waals surface area contributed by atoms with Crippen LogP contribution in [0.5, 0.6) is 0 Å². The number of carbonyl (C=O) groups excluding carboxylic acids is 2. The lowest BCUT2D eigenvalue weighted by atomic mass is 9.91. The number of hydroxylamine groups is 2. The first kappa shape index (κ1) is 13.8. The third-order valence-corrected chi connectivity index (χ3v) is 3.76. The van der Waals surface area contributed by atoms with Gasteiger partial charge in [-0.15, -0.1) is 0 Å². The highest BCUT2D eigenvalue weighted by molar-refractivity contribution is 5.80. The van der Waals surface area contributed by atoms with Gasteiger partial charge in [-0.05, 0) is 17.7 Å². The second-order valence-electron chi connectivity index (χ2n) is 5.48. The minimum absolute atomic E-state index is 0.0682. The second kappa shape index (κ2) is 5.00. The fraction of sp³-hybridized carbons (Fsp3) is 0.429. The minimum atomic E-state index is -0.543. The molecule has 2 saturated heterocycles. The Kier molecular flexibility index (Phi) is 3.29. The summed E-state index contributed by atoms with van der Waals surface area (Å²) < 4.78 is 12.8. The monoisotopic (exact) mass is 293 g/mol. The molecule has 1 spiro atoms. The van der Waals surface area contributed by atoms with E-state index in [2.05, 4.69) is 5.32 Å². The first-order valence-electron chi connectivity index (χ1n) is 6.70. The Bertz CT molecular complexity index is 569. The van der Waals surface area contributed by atoms with Crippen molar-refractivity contribution in [3.8, 4) is 0 Å². The Labute approximate surface area is 121 Å². The van der Waals surface area contributed by atoms with Crippen LogP contribution in [-0.4, -0.2) is 47.6 Å². The van der Waals surface area contributed by atoms with Crippen molar-refractivity contribution in [2.24, 2.45) is 0 Å². The van der Waals surface area contributed by atoms with Crippen LogP contribution in [0.15, 0.2) is 24.3 Å². The van der Waals surface area contributed by atoms with Crippen LogP contribution >= 0.6 is 0 Å². The van der Waals surface area contributed by atoms with E-state index in [1.54, 1.807) is 24.1 Å². The quantitative estimate of drug-likeness (QED) is 0.880. The number of nitrogens with zero attached hydrogens (tertiary/aromatic N) is 2. The smallest absolute Gasteiger partial charge is 0.317 e. The van der Waals surface area contributed by atoms with E-state index in [9.17, 15) is 14.0 Å². The zero-order chi connectivity index (χ0) is 15.0. The van der Waals surface area contributed by atoms with Crippen LogP contribution < -0.4 is 5.32 Å². The normalized spacial score (nSPS) is 19.8. The number of carbonyl (C=O) groups is 2. The van der Waals surface area contributed by atoms with Crippen LogP contribution in [0.4, 0.5) is 9.18 Å². The lowest BCUT2D eigenvalue weighted by Gasteiger charge is -2.45. The Morgan fingerprint density at radius 2 is 2.05 bits per heavy atom. The predicted molar refractivity (Wildman–Crippen MR) is 71.4 cm³/mol. The van der Waals surface area contributed by atoms with E-state index < -0.39 is 5.60 Å². The van der Waals surface area contributed by atoms with Crippen LogP contribution in [0.3, 0.4) is 0 Å². The van der Waals surface area contributed by atoms with Gasteiger partial charge in [0, 0.05) is 13.6 Å². The first-order chi connectivity index (χ1) is 9.97. The fourth-order valence-electron chi connectivity index (χ4n) is 2.61. The van der Waals surface area contributed by atoms with E-state index in [4.69, 9.17) is 4.84 Å². The Morgan fingerprint density at radius 1 is 1.38 bits per heavy atom. The maximum atomic E-state index is 12.8. The maximum absolute atomic E-state index is 12.8. The molecule has 0 radical (unpaired) electrons. The molecule has 2 fully saturated rings. The summed E-state index contributed by atoms with van der Waals surface area (Å²) in [5, 5.41) is 3.99. The highest BCUT2D eigenvalue weighted by Gasteiger charge is 2.54. The third-order valence-electron chi connectivity index (χ3n) is 3.76. The van der Waals surface area contributed by atoms with Crippen molar-refractivity contribution in [2.75, 3.05) is 20.1 Å². The van der Waals surface area contributed by atoms with Crippen molar-refractivity contribution in [1.29, 1.82) is 0 Å². The SMILES string of the molecule is CN1OC2(CC1=O)CN(C(=O)NCc1ccc(F)cc1)C2. The van der Waals surface area contributed by atoms with Crippen molar-refractivity contribution < 1.29 is 18.8 Å². The van der Waals surface area contributed by atoms with Gasteiger partial charge in [0.25, 0.3) is 0 Å². The van der Waals surface area contributed by atoms with Gasteiger partial charge in [0.1, 0.15) is 11.4 Å². The van der Waals surface area contributed by atoms with Gasteiger partial charge >= 0.3 is 6.03 Å². The molecule has 2 heterocycles. The lowest BCUT2D eigenvalue weighted by molar-refractivity contribution is -0.218. The molecule has 1 N–H and O–H groups in total. The molecule has 2 aliphatic rings. The van der Waals surface area contributed by atoms with E-state index in [1.165, 1.54) is 17.2 Å². The standard InChI is InChI=1S/C14H16FN3O3/c1-17-12(19)6-14(21-17)8-18(9-14)13(20)16-7-10-2-4-11(15)5-3-10/h2-5H,6-9H2,1H3,(H,16,20). The second-order valence-corrected chi connectivity index (χ2v) is 5.48. The topological polar surface area (TPSA) is 61.9 Å². The first-order valence-corrected chi connectivity index (χ1v) is 6.70. The number of hydrogen-bond acceptors (Lipinski definition) is 3. The summed E-state index contributed by atoms with van der Waals surface area (Å²) in [5.74, 6) is -0.372. The Hall–Kier alpha value is -2.15.